The van der Waals surface area contributed by atoms with Crippen molar-refractivity contribution in [1.82, 2.24) is 0 Å². The van der Waals surface area contributed by atoms with E-state index in [-0.39, 0.29) is 0 Å². The molecular formula is C28H48. The molecule has 0 saturated heterocycles. The Labute approximate surface area is 177 Å². The van der Waals surface area contributed by atoms with Crippen LogP contribution in [-0.4, -0.2) is 0 Å². The number of hydrogen-bond donors (Lipinski definition) is 0. The molecule has 0 spiro atoms. The lowest BCUT2D eigenvalue weighted by Crippen LogP contribution is -2.28. The average molecular weight is 385 g/mol. The highest BCUT2D eigenvalue weighted by Crippen LogP contribution is 2.44. The fourth-order valence-corrected chi connectivity index (χ4v) is 4.90. The smallest absolute Gasteiger partial charge is 0.00504 e. The van der Waals surface area contributed by atoms with Gasteiger partial charge in [-0.3, -0.25) is 0 Å². The van der Waals surface area contributed by atoms with Gasteiger partial charge in [-0.1, -0.05) is 90.0 Å². The van der Waals surface area contributed by atoms with Crippen molar-refractivity contribution in [2.24, 2.45) is 35.5 Å². The molecule has 160 valence electrons. The first-order valence-corrected chi connectivity index (χ1v) is 12.2. The summed E-state index contributed by atoms with van der Waals surface area (Å²) in [5.41, 5.74) is 1.77. The highest BCUT2D eigenvalue weighted by Gasteiger charge is 2.33. The molecule has 0 aromatic carbocycles. The zero-order valence-electron chi connectivity index (χ0n) is 19.8. The third-order valence-electron chi connectivity index (χ3n) is 6.95. The lowest BCUT2D eigenvalue weighted by atomic mass is 9.66. The molecule has 0 radical (unpaired) electrons. The Balaban J connectivity index is 3.14. The van der Waals surface area contributed by atoms with Gasteiger partial charge in [0, 0.05) is 0 Å². The summed E-state index contributed by atoms with van der Waals surface area (Å²) in [4.78, 5) is 0. The van der Waals surface area contributed by atoms with Crippen LogP contribution >= 0.6 is 0 Å². The molecule has 0 nitrogen and oxygen atoms in total. The molecule has 28 heavy (non-hydrogen) atoms. The first-order valence-electron chi connectivity index (χ1n) is 12.2. The van der Waals surface area contributed by atoms with Crippen molar-refractivity contribution in [1.29, 1.82) is 0 Å². The Morgan fingerprint density at radius 3 is 2.29 bits per heavy atom. The molecular weight excluding hydrogens is 336 g/mol. The minimum Gasteiger partial charge on any atom is -0.103 e. The Hall–Kier alpha value is -1.04. The Morgan fingerprint density at radius 2 is 1.71 bits per heavy atom. The van der Waals surface area contributed by atoms with Gasteiger partial charge in [-0.25, -0.2) is 0 Å². The molecule has 1 aliphatic carbocycles. The molecule has 0 N–H and O–H groups in total. The van der Waals surface area contributed by atoms with Gasteiger partial charge >= 0.3 is 0 Å². The van der Waals surface area contributed by atoms with E-state index in [1.165, 1.54) is 38.5 Å². The largest absolute Gasteiger partial charge is 0.103 e. The van der Waals surface area contributed by atoms with E-state index in [9.17, 15) is 0 Å². The van der Waals surface area contributed by atoms with Gasteiger partial charge in [-0.05, 0) is 80.5 Å². The first-order chi connectivity index (χ1) is 13.5. The fourth-order valence-electron chi connectivity index (χ4n) is 4.90. The molecule has 0 bridgehead atoms. The summed E-state index contributed by atoms with van der Waals surface area (Å²) in [7, 11) is 0. The fraction of sp³-hybridized carbons (Fsp3) is 0.714. The van der Waals surface area contributed by atoms with Crippen LogP contribution in [0.3, 0.4) is 0 Å². The van der Waals surface area contributed by atoms with Crippen LogP contribution in [0.5, 0.6) is 0 Å². The van der Waals surface area contributed by atoms with E-state index < -0.39 is 0 Å². The summed E-state index contributed by atoms with van der Waals surface area (Å²) in [6, 6.07) is 0. The molecule has 0 heterocycles. The van der Waals surface area contributed by atoms with Crippen molar-refractivity contribution in [2.45, 2.75) is 92.9 Å². The van der Waals surface area contributed by atoms with Gasteiger partial charge in [-0.2, -0.15) is 0 Å². The predicted molar refractivity (Wildman–Crippen MR) is 128 cm³/mol. The first kappa shape index (κ1) is 25.0. The number of rotatable bonds is 13. The number of allylic oxidation sites excluding steroid dienone is 7. The van der Waals surface area contributed by atoms with Crippen LogP contribution in [0.1, 0.15) is 92.9 Å². The summed E-state index contributed by atoms with van der Waals surface area (Å²) >= 11 is 0. The quantitative estimate of drug-likeness (QED) is 0.278. The average Bonchev–Trinajstić information content (AvgIpc) is 2.72. The minimum atomic E-state index is 0.631. The van der Waals surface area contributed by atoms with Crippen LogP contribution in [0.2, 0.25) is 0 Å². The molecule has 0 heteroatoms. The van der Waals surface area contributed by atoms with Crippen molar-refractivity contribution >= 4 is 0 Å². The van der Waals surface area contributed by atoms with Gasteiger partial charge in [0.05, 0.1) is 0 Å². The second kappa shape index (κ2) is 14.0. The minimum absolute atomic E-state index is 0.631. The van der Waals surface area contributed by atoms with Crippen molar-refractivity contribution in [3.8, 4) is 0 Å². The highest BCUT2D eigenvalue weighted by atomic mass is 14.4. The van der Waals surface area contributed by atoms with Gasteiger partial charge in [0.25, 0.3) is 0 Å². The molecule has 0 saturated carbocycles. The van der Waals surface area contributed by atoms with Gasteiger partial charge in [0.15, 0.2) is 0 Å². The monoisotopic (exact) mass is 384 g/mol. The third-order valence-corrected chi connectivity index (χ3v) is 6.95. The van der Waals surface area contributed by atoms with Crippen molar-refractivity contribution < 1.29 is 0 Å². The van der Waals surface area contributed by atoms with Gasteiger partial charge in [-0.15, -0.1) is 6.58 Å². The van der Waals surface area contributed by atoms with Crippen LogP contribution in [-0.2, 0) is 0 Å². The SMILES string of the molecule is C=CC(CC)C1CCC(C=CCC)C=C1C(CCC(C)C=CCC)C(C)CC. The van der Waals surface area contributed by atoms with E-state index >= 15 is 0 Å². The van der Waals surface area contributed by atoms with Crippen LogP contribution in [0.4, 0.5) is 0 Å². The van der Waals surface area contributed by atoms with Crippen LogP contribution in [0, 0.1) is 35.5 Å². The second-order valence-electron chi connectivity index (χ2n) is 9.04. The van der Waals surface area contributed by atoms with E-state index in [1.807, 2.05) is 0 Å². The molecule has 0 aromatic rings. The lowest BCUT2D eigenvalue weighted by molar-refractivity contribution is 0.275. The van der Waals surface area contributed by atoms with E-state index in [0.717, 1.165) is 24.7 Å². The predicted octanol–water partition coefficient (Wildman–Crippen LogP) is 9.16. The molecule has 6 atom stereocenters. The van der Waals surface area contributed by atoms with E-state index in [0.29, 0.717) is 23.7 Å². The van der Waals surface area contributed by atoms with E-state index in [1.54, 1.807) is 5.57 Å². The van der Waals surface area contributed by atoms with Gasteiger partial charge < -0.3 is 0 Å². The van der Waals surface area contributed by atoms with Crippen molar-refractivity contribution in [2.75, 3.05) is 0 Å². The van der Waals surface area contributed by atoms with Crippen LogP contribution < -0.4 is 0 Å². The summed E-state index contributed by atoms with van der Waals surface area (Å²) in [5, 5.41) is 0. The van der Waals surface area contributed by atoms with Crippen LogP contribution in [0.25, 0.3) is 0 Å². The number of hydrogen-bond acceptors (Lipinski definition) is 0. The lowest BCUT2D eigenvalue weighted by Gasteiger charge is -2.39. The Morgan fingerprint density at radius 1 is 1.00 bits per heavy atom. The normalized spacial score (nSPS) is 24.9. The molecule has 1 aliphatic rings. The maximum atomic E-state index is 4.19. The summed E-state index contributed by atoms with van der Waals surface area (Å²) in [6.07, 6.45) is 24.5. The van der Waals surface area contributed by atoms with Gasteiger partial charge in [0.2, 0.25) is 0 Å². The molecule has 0 aliphatic heterocycles. The Kier molecular flexibility index (Phi) is 12.5. The third kappa shape index (κ3) is 7.76. The molecule has 1 rings (SSSR count). The summed E-state index contributed by atoms with van der Waals surface area (Å²) in [5.74, 6) is 4.14. The van der Waals surface area contributed by atoms with E-state index in [2.05, 4.69) is 84.6 Å². The zero-order chi connectivity index (χ0) is 20.9. The topological polar surface area (TPSA) is 0 Å². The Bertz CT molecular complexity index is 506. The summed E-state index contributed by atoms with van der Waals surface area (Å²) in [6.45, 7) is 18.2. The van der Waals surface area contributed by atoms with E-state index in [4.69, 9.17) is 0 Å². The highest BCUT2D eigenvalue weighted by molar-refractivity contribution is 5.22. The maximum Gasteiger partial charge on any atom is -0.00504 e. The summed E-state index contributed by atoms with van der Waals surface area (Å²) < 4.78 is 0. The van der Waals surface area contributed by atoms with Crippen LogP contribution in [0.15, 0.2) is 48.6 Å². The van der Waals surface area contributed by atoms with Gasteiger partial charge in [0.1, 0.15) is 0 Å². The second-order valence-corrected chi connectivity index (χ2v) is 9.04. The molecule has 0 aromatic heterocycles. The molecule has 0 fully saturated rings. The van der Waals surface area contributed by atoms with Crippen molar-refractivity contribution in [3.05, 3.63) is 48.6 Å². The zero-order valence-corrected chi connectivity index (χ0v) is 19.8. The standard InChI is InChI=1S/C28H48/c1-8-13-15-22(6)17-19-26(23(7)10-3)28-21-24(16-14-9-2)18-20-27(28)25(11-4)12-5/h11,13-16,21-27H,4,8-10,12,17-20H2,1-3,5-7H3. The molecule has 6 unspecified atom stereocenters. The molecule has 0 amide bonds. The maximum absolute atomic E-state index is 4.19. The van der Waals surface area contributed by atoms with Crippen molar-refractivity contribution in [3.63, 3.8) is 0 Å².